The van der Waals surface area contributed by atoms with E-state index in [-0.39, 0.29) is 10.0 Å². The van der Waals surface area contributed by atoms with Crippen molar-refractivity contribution < 1.29 is 17.9 Å². The number of carbonyl (C=O) groups is 1. The number of fused-ring (bicyclic) bond motifs is 1. The Morgan fingerprint density at radius 1 is 1.21 bits per heavy atom. The van der Waals surface area contributed by atoms with E-state index in [1.807, 2.05) is 0 Å². The van der Waals surface area contributed by atoms with Crippen LogP contribution >= 0.6 is 11.3 Å². The number of anilines is 1. The Hall–Kier alpha value is -2.45. The Labute approximate surface area is 143 Å². The van der Waals surface area contributed by atoms with Gasteiger partial charge in [-0.15, -0.1) is 0 Å². The molecule has 0 bridgehead atoms. The average molecular weight is 362 g/mol. The van der Waals surface area contributed by atoms with Crippen LogP contribution in [-0.4, -0.2) is 26.0 Å². The van der Waals surface area contributed by atoms with Gasteiger partial charge < -0.3 is 4.74 Å². The normalized spacial score (nSPS) is 11.4. The van der Waals surface area contributed by atoms with Crippen molar-refractivity contribution in [2.75, 3.05) is 11.3 Å². The first-order valence-corrected chi connectivity index (χ1v) is 9.45. The number of aromatic nitrogens is 1. The van der Waals surface area contributed by atoms with E-state index in [1.165, 1.54) is 12.1 Å². The first kappa shape index (κ1) is 16.4. The quantitative estimate of drug-likeness (QED) is 0.704. The second-order valence-corrected chi connectivity index (χ2v) is 7.55. The highest BCUT2D eigenvalue weighted by Crippen LogP contribution is 2.28. The van der Waals surface area contributed by atoms with Gasteiger partial charge >= 0.3 is 5.97 Å². The maximum atomic E-state index is 12.3. The number of nitrogens with zero attached hydrogens (tertiary/aromatic N) is 1. The zero-order valence-electron chi connectivity index (χ0n) is 12.7. The number of benzene rings is 2. The number of nitrogens with one attached hydrogen (secondary N) is 1. The van der Waals surface area contributed by atoms with Gasteiger partial charge in [0.05, 0.1) is 27.3 Å². The molecule has 124 valence electrons. The standard InChI is InChI=1S/C16H14N2O4S2/c1-2-22-15(19)11-8-9-13-14(10-11)23-16(17-13)18-24(20,21)12-6-4-3-5-7-12/h3-10H,2H2,1H3,(H,17,18). The summed E-state index contributed by atoms with van der Waals surface area (Å²) in [7, 11) is -3.69. The summed E-state index contributed by atoms with van der Waals surface area (Å²) in [6, 6.07) is 13.0. The number of hydrogen-bond donors (Lipinski definition) is 1. The van der Waals surface area contributed by atoms with Gasteiger partial charge in [0.25, 0.3) is 10.0 Å². The summed E-state index contributed by atoms with van der Waals surface area (Å²) in [5.74, 6) is -0.417. The van der Waals surface area contributed by atoms with Crippen LogP contribution in [0.1, 0.15) is 17.3 Å². The lowest BCUT2D eigenvalue weighted by atomic mass is 10.2. The van der Waals surface area contributed by atoms with Crippen LogP contribution in [0.4, 0.5) is 5.13 Å². The molecule has 3 aromatic rings. The van der Waals surface area contributed by atoms with E-state index in [9.17, 15) is 13.2 Å². The summed E-state index contributed by atoms with van der Waals surface area (Å²) in [5, 5.41) is 0.245. The van der Waals surface area contributed by atoms with Crippen LogP contribution in [0.15, 0.2) is 53.4 Å². The third kappa shape index (κ3) is 3.39. The fourth-order valence-corrected chi connectivity index (χ4v) is 4.24. The van der Waals surface area contributed by atoms with Crippen LogP contribution in [0.25, 0.3) is 10.2 Å². The molecular weight excluding hydrogens is 348 g/mol. The van der Waals surface area contributed by atoms with Crippen LogP contribution in [-0.2, 0) is 14.8 Å². The van der Waals surface area contributed by atoms with Gasteiger partial charge in [-0.2, -0.15) is 0 Å². The second-order valence-electron chi connectivity index (χ2n) is 4.84. The fraction of sp³-hybridized carbons (Fsp3) is 0.125. The van der Waals surface area contributed by atoms with Gasteiger partial charge in [0.15, 0.2) is 5.13 Å². The Balaban J connectivity index is 1.90. The van der Waals surface area contributed by atoms with Crippen LogP contribution in [0.5, 0.6) is 0 Å². The van der Waals surface area contributed by atoms with E-state index in [1.54, 1.807) is 43.3 Å². The zero-order chi connectivity index (χ0) is 17.2. The van der Waals surface area contributed by atoms with Crippen LogP contribution in [0, 0.1) is 0 Å². The van der Waals surface area contributed by atoms with Crippen molar-refractivity contribution in [3.05, 3.63) is 54.1 Å². The lowest BCUT2D eigenvalue weighted by molar-refractivity contribution is 0.0526. The monoisotopic (exact) mass is 362 g/mol. The van der Waals surface area contributed by atoms with Gasteiger partial charge in [0.1, 0.15) is 0 Å². The van der Waals surface area contributed by atoms with E-state index in [4.69, 9.17) is 4.74 Å². The molecule has 0 aliphatic carbocycles. The Morgan fingerprint density at radius 3 is 2.67 bits per heavy atom. The molecule has 2 aromatic carbocycles. The summed E-state index contributed by atoms with van der Waals surface area (Å²) >= 11 is 1.16. The molecule has 0 aliphatic rings. The highest BCUT2D eigenvalue weighted by atomic mass is 32.2. The lowest BCUT2D eigenvalue weighted by Gasteiger charge is -2.03. The molecule has 3 rings (SSSR count). The summed E-state index contributed by atoms with van der Waals surface area (Å²) < 4.78 is 32.8. The van der Waals surface area contributed by atoms with Crippen molar-refractivity contribution in [2.45, 2.75) is 11.8 Å². The van der Waals surface area contributed by atoms with E-state index >= 15 is 0 Å². The average Bonchev–Trinajstić information content (AvgIpc) is 2.96. The minimum Gasteiger partial charge on any atom is -0.462 e. The smallest absolute Gasteiger partial charge is 0.338 e. The second kappa shape index (κ2) is 6.58. The molecule has 1 N–H and O–H groups in total. The molecule has 24 heavy (non-hydrogen) atoms. The first-order valence-electron chi connectivity index (χ1n) is 7.15. The van der Waals surface area contributed by atoms with E-state index in [2.05, 4.69) is 9.71 Å². The van der Waals surface area contributed by atoms with Crippen molar-refractivity contribution in [1.82, 2.24) is 4.98 Å². The molecule has 0 radical (unpaired) electrons. The zero-order valence-corrected chi connectivity index (χ0v) is 14.4. The molecule has 8 heteroatoms. The SMILES string of the molecule is CCOC(=O)c1ccc2nc(NS(=O)(=O)c3ccccc3)sc2c1. The van der Waals surface area contributed by atoms with Crippen molar-refractivity contribution in [3.63, 3.8) is 0 Å². The van der Waals surface area contributed by atoms with Gasteiger partial charge in [0.2, 0.25) is 0 Å². The van der Waals surface area contributed by atoms with Gasteiger partial charge in [-0.3, -0.25) is 4.72 Å². The number of hydrogen-bond acceptors (Lipinski definition) is 6. The molecule has 6 nitrogen and oxygen atoms in total. The Bertz CT molecular complexity index is 982. The molecule has 0 atom stereocenters. The van der Waals surface area contributed by atoms with Crippen LogP contribution < -0.4 is 4.72 Å². The molecule has 0 fully saturated rings. The van der Waals surface area contributed by atoms with E-state index < -0.39 is 16.0 Å². The molecule has 0 aliphatic heterocycles. The van der Waals surface area contributed by atoms with Crippen molar-refractivity contribution in [1.29, 1.82) is 0 Å². The summed E-state index contributed by atoms with van der Waals surface area (Å²) in [5.41, 5.74) is 1.02. The number of carbonyl (C=O) groups excluding carboxylic acids is 1. The van der Waals surface area contributed by atoms with Crippen molar-refractivity contribution in [2.24, 2.45) is 0 Å². The minimum atomic E-state index is -3.69. The predicted molar refractivity (Wildman–Crippen MR) is 92.8 cm³/mol. The number of sulfonamides is 1. The summed E-state index contributed by atoms with van der Waals surface area (Å²) in [6.45, 7) is 2.03. The predicted octanol–water partition coefficient (Wildman–Crippen LogP) is 3.27. The number of esters is 1. The fourth-order valence-electron chi connectivity index (χ4n) is 2.08. The molecule has 0 amide bonds. The molecule has 1 aromatic heterocycles. The number of rotatable bonds is 5. The minimum absolute atomic E-state index is 0.163. The molecule has 0 spiro atoms. The summed E-state index contributed by atoms with van der Waals surface area (Å²) in [6.07, 6.45) is 0. The lowest BCUT2D eigenvalue weighted by Crippen LogP contribution is -2.12. The Kier molecular flexibility index (Phi) is 4.50. The van der Waals surface area contributed by atoms with Crippen LogP contribution in [0.2, 0.25) is 0 Å². The Morgan fingerprint density at radius 2 is 1.96 bits per heavy atom. The number of thiazole rings is 1. The van der Waals surface area contributed by atoms with Gasteiger partial charge in [-0.25, -0.2) is 18.2 Å². The third-order valence-corrected chi connectivity index (χ3v) is 5.59. The maximum Gasteiger partial charge on any atom is 0.338 e. The third-order valence-electron chi connectivity index (χ3n) is 3.17. The highest BCUT2D eigenvalue weighted by Gasteiger charge is 2.17. The van der Waals surface area contributed by atoms with Crippen molar-refractivity contribution in [3.8, 4) is 0 Å². The molecule has 0 saturated heterocycles. The maximum absolute atomic E-state index is 12.3. The van der Waals surface area contributed by atoms with E-state index in [0.717, 1.165) is 11.3 Å². The molecule has 1 heterocycles. The topological polar surface area (TPSA) is 85.4 Å². The molecule has 0 saturated carbocycles. The highest BCUT2D eigenvalue weighted by molar-refractivity contribution is 7.93. The largest absolute Gasteiger partial charge is 0.462 e. The molecule has 0 unspecified atom stereocenters. The van der Waals surface area contributed by atoms with Crippen LogP contribution in [0.3, 0.4) is 0 Å². The summed E-state index contributed by atoms with van der Waals surface area (Å²) in [4.78, 5) is 16.2. The van der Waals surface area contributed by atoms with E-state index in [0.29, 0.717) is 22.4 Å². The first-order chi connectivity index (χ1) is 11.5. The van der Waals surface area contributed by atoms with Gasteiger partial charge in [-0.1, -0.05) is 29.5 Å². The van der Waals surface area contributed by atoms with Crippen molar-refractivity contribution >= 4 is 42.7 Å². The number of ether oxygens (including phenoxy) is 1. The van der Waals surface area contributed by atoms with Gasteiger partial charge in [0, 0.05) is 0 Å². The molecular formula is C16H14N2O4S2. The van der Waals surface area contributed by atoms with Gasteiger partial charge in [-0.05, 0) is 37.3 Å².